The molecule has 0 bridgehead atoms. The average Bonchev–Trinajstić information content (AvgIpc) is 2.52. The molecule has 5 heteroatoms. The first-order valence-corrected chi connectivity index (χ1v) is 5.40. The minimum atomic E-state index is 0.284. The lowest BCUT2D eigenvalue weighted by molar-refractivity contribution is 0.00688. The van der Waals surface area contributed by atoms with Crippen molar-refractivity contribution in [2.75, 3.05) is 25.4 Å². The summed E-state index contributed by atoms with van der Waals surface area (Å²) in [5.41, 5.74) is 0. The van der Waals surface area contributed by atoms with Gasteiger partial charge in [-0.15, -0.1) is 0 Å². The van der Waals surface area contributed by atoms with Crippen molar-refractivity contribution in [3.63, 3.8) is 0 Å². The Morgan fingerprint density at radius 1 is 1.69 bits per heavy atom. The van der Waals surface area contributed by atoms with Crippen LogP contribution in [0.3, 0.4) is 0 Å². The summed E-state index contributed by atoms with van der Waals surface area (Å²) in [6.45, 7) is 4.65. The highest BCUT2D eigenvalue weighted by molar-refractivity contribution is 8.14. The smallest absolute Gasteiger partial charge is 0.166 e. The van der Waals surface area contributed by atoms with Crippen molar-refractivity contribution in [2.45, 2.75) is 13.0 Å². The molecule has 0 aromatic carbocycles. The Morgan fingerprint density at radius 2 is 2.54 bits per heavy atom. The van der Waals surface area contributed by atoms with E-state index in [2.05, 4.69) is 16.8 Å². The SMILES string of the molecule is CC1CN(C2=NC(=N)CS2)CCO1. The number of thioether (sulfide) groups is 1. The summed E-state index contributed by atoms with van der Waals surface area (Å²) in [5, 5.41) is 8.38. The van der Waals surface area contributed by atoms with Crippen LogP contribution in [0.15, 0.2) is 4.99 Å². The molecule has 72 valence electrons. The molecule has 0 radical (unpaired) electrons. The first-order valence-electron chi connectivity index (χ1n) is 4.41. The molecule has 2 aliphatic heterocycles. The first-order chi connectivity index (χ1) is 6.25. The molecular formula is C8H13N3OS. The molecule has 1 unspecified atom stereocenters. The molecule has 0 amide bonds. The molecule has 1 fully saturated rings. The van der Waals surface area contributed by atoms with Crippen LogP contribution in [0.1, 0.15) is 6.92 Å². The topological polar surface area (TPSA) is 48.7 Å². The monoisotopic (exact) mass is 199 g/mol. The predicted octanol–water partition coefficient (Wildman–Crippen LogP) is 0.787. The van der Waals surface area contributed by atoms with E-state index in [1.807, 2.05) is 0 Å². The summed E-state index contributed by atoms with van der Waals surface area (Å²) < 4.78 is 5.43. The minimum absolute atomic E-state index is 0.284. The molecule has 0 aromatic heterocycles. The van der Waals surface area contributed by atoms with E-state index in [4.69, 9.17) is 10.1 Å². The number of nitrogens with zero attached hydrogens (tertiary/aromatic N) is 2. The quantitative estimate of drug-likeness (QED) is 0.627. The fourth-order valence-electron chi connectivity index (χ4n) is 1.47. The van der Waals surface area contributed by atoms with Crippen molar-refractivity contribution < 1.29 is 4.74 Å². The maximum absolute atomic E-state index is 7.38. The second-order valence-corrected chi connectivity index (χ2v) is 4.20. The molecule has 0 spiro atoms. The van der Waals surface area contributed by atoms with Crippen LogP contribution < -0.4 is 0 Å². The maximum atomic E-state index is 7.38. The van der Waals surface area contributed by atoms with Gasteiger partial charge in [0, 0.05) is 13.1 Å². The molecule has 1 N–H and O–H groups in total. The first kappa shape index (κ1) is 9.02. The van der Waals surface area contributed by atoms with Crippen molar-refractivity contribution in [3.05, 3.63) is 0 Å². The number of hydrogen-bond acceptors (Lipinski definition) is 4. The van der Waals surface area contributed by atoms with Gasteiger partial charge in [-0.2, -0.15) is 0 Å². The van der Waals surface area contributed by atoms with Gasteiger partial charge in [-0.1, -0.05) is 11.8 Å². The standard InChI is InChI=1S/C8H13N3OS/c1-6-4-11(2-3-12-6)8-10-7(9)5-13-8/h6,9H,2-5H2,1H3. The number of amidine groups is 2. The Labute approximate surface area is 81.9 Å². The second-order valence-electron chi connectivity index (χ2n) is 3.26. The molecule has 1 saturated heterocycles. The van der Waals surface area contributed by atoms with Crippen molar-refractivity contribution in [2.24, 2.45) is 4.99 Å². The van der Waals surface area contributed by atoms with Crippen LogP contribution in [0, 0.1) is 5.41 Å². The molecule has 0 saturated carbocycles. The lowest BCUT2D eigenvalue weighted by Gasteiger charge is -2.31. The largest absolute Gasteiger partial charge is 0.375 e. The zero-order valence-corrected chi connectivity index (χ0v) is 8.43. The van der Waals surface area contributed by atoms with Crippen LogP contribution in [0.2, 0.25) is 0 Å². The van der Waals surface area contributed by atoms with E-state index in [1.54, 1.807) is 11.8 Å². The Hall–Kier alpha value is -0.550. The Kier molecular flexibility index (Phi) is 2.55. The van der Waals surface area contributed by atoms with Crippen molar-refractivity contribution in [1.29, 1.82) is 5.41 Å². The van der Waals surface area contributed by atoms with Crippen molar-refractivity contribution in [1.82, 2.24) is 4.90 Å². The van der Waals surface area contributed by atoms with E-state index >= 15 is 0 Å². The van der Waals surface area contributed by atoms with Crippen molar-refractivity contribution >= 4 is 22.8 Å². The molecule has 2 heterocycles. The molecule has 2 rings (SSSR count). The molecule has 1 atom stereocenters. The highest BCUT2D eigenvalue weighted by atomic mass is 32.2. The van der Waals surface area contributed by atoms with Gasteiger partial charge in [-0.3, -0.25) is 5.41 Å². The highest BCUT2D eigenvalue weighted by Gasteiger charge is 2.23. The summed E-state index contributed by atoms with van der Waals surface area (Å²) in [6, 6.07) is 0. The van der Waals surface area contributed by atoms with Crippen LogP contribution in [0.25, 0.3) is 0 Å². The van der Waals surface area contributed by atoms with Gasteiger partial charge in [-0.25, -0.2) is 4.99 Å². The molecule has 4 nitrogen and oxygen atoms in total. The number of morpholine rings is 1. The molecule has 0 aromatic rings. The van der Waals surface area contributed by atoms with E-state index in [9.17, 15) is 0 Å². The van der Waals surface area contributed by atoms with Gasteiger partial charge < -0.3 is 9.64 Å². The minimum Gasteiger partial charge on any atom is -0.375 e. The third-order valence-corrected chi connectivity index (χ3v) is 3.11. The summed E-state index contributed by atoms with van der Waals surface area (Å²) in [7, 11) is 0. The normalized spacial score (nSPS) is 29.3. The van der Waals surface area contributed by atoms with Crippen LogP contribution in [-0.2, 0) is 4.74 Å². The van der Waals surface area contributed by atoms with Gasteiger partial charge in [-0.05, 0) is 6.92 Å². The Balaban J connectivity index is 2.00. The summed E-state index contributed by atoms with van der Waals surface area (Å²) >= 11 is 1.65. The Morgan fingerprint density at radius 3 is 3.15 bits per heavy atom. The van der Waals surface area contributed by atoms with Crippen LogP contribution in [0.5, 0.6) is 0 Å². The van der Waals surface area contributed by atoms with E-state index in [0.29, 0.717) is 5.84 Å². The predicted molar refractivity (Wildman–Crippen MR) is 54.6 cm³/mol. The molecule has 2 aliphatic rings. The summed E-state index contributed by atoms with van der Waals surface area (Å²) in [5.74, 6) is 1.21. The summed E-state index contributed by atoms with van der Waals surface area (Å²) in [4.78, 5) is 6.39. The maximum Gasteiger partial charge on any atom is 0.166 e. The van der Waals surface area contributed by atoms with Gasteiger partial charge in [0.05, 0.1) is 18.5 Å². The molecular weight excluding hydrogens is 186 g/mol. The fourth-order valence-corrected chi connectivity index (χ4v) is 2.32. The van der Waals surface area contributed by atoms with Gasteiger partial charge >= 0.3 is 0 Å². The van der Waals surface area contributed by atoms with Crippen molar-refractivity contribution in [3.8, 4) is 0 Å². The van der Waals surface area contributed by atoms with Gasteiger partial charge in [0.2, 0.25) is 0 Å². The van der Waals surface area contributed by atoms with Crippen LogP contribution >= 0.6 is 11.8 Å². The Bertz CT molecular complexity index is 254. The third kappa shape index (κ3) is 2.03. The van der Waals surface area contributed by atoms with Gasteiger partial charge in [0.1, 0.15) is 5.84 Å². The lowest BCUT2D eigenvalue weighted by Crippen LogP contribution is -2.43. The number of rotatable bonds is 0. The zero-order chi connectivity index (χ0) is 9.26. The van der Waals surface area contributed by atoms with E-state index in [1.165, 1.54) is 0 Å². The molecule has 13 heavy (non-hydrogen) atoms. The number of nitrogens with one attached hydrogen (secondary N) is 1. The van der Waals surface area contributed by atoms with E-state index < -0.39 is 0 Å². The number of ether oxygens (including phenoxy) is 1. The highest BCUT2D eigenvalue weighted by Crippen LogP contribution is 2.18. The van der Waals surface area contributed by atoms with Crippen LogP contribution in [-0.4, -0.2) is 47.5 Å². The van der Waals surface area contributed by atoms with Gasteiger partial charge in [0.25, 0.3) is 0 Å². The van der Waals surface area contributed by atoms with Crippen LogP contribution in [0.4, 0.5) is 0 Å². The van der Waals surface area contributed by atoms with E-state index in [-0.39, 0.29) is 6.10 Å². The average molecular weight is 199 g/mol. The third-order valence-electron chi connectivity index (χ3n) is 2.08. The molecule has 0 aliphatic carbocycles. The zero-order valence-electron chi connectivity index (χ0n) is 7.62. The van der Waals surface area contributed by atoms with Gasteiger partial charge in [0.15, 0.2) is 5.17 Å². The van der Waals surface area contributed by atoms with E-state index in [0.717, 1.165) is 30.6 Å². The lowest BCUT2D eigenvalue weighted by atomic mass is 10.3. The number of hydrogen-bond donors (Lipinski definition) is 1. The fraction of sp³-hybridized carbons (Fsp3) is 0.750. The number of aliphatic imine (C=N–C) groups is 1. The second kappa shape index (κ2) is 3.67. The summed E-state index contributed by atoms with van der Waals surface area (Å²) in [6.07, 6.45) is 0.284.